The van der Waals surface area contributed by atoms with Gasteiger partial charge in [0.15, 0.2) is 0 Å². The number of rotatable bonds is 11. The minimum absolute atomic E-state index is 0.265. The molecule has 0 aliphatic carbocycles. The first kappa shape index (κ1) is 18.3. The molecule has 0 rings (SSSR count). The van der Waals surface area contributed by atoms with Gasteiger partial charge in [-0.2, -0.15) is 11.8 Å². The first-order chi connectivity index (χ1) is 8.41. The number of nitrogens with one attached hydrogen (secondary N) is 1. The van der Waals surface area contributed by atoms with Crippen LogP contribution < -0.4 is 5.32 Å². The lowest BCUT2D eigenvalue weighted by Crippen LogP contribution is -2.32. The summed E-state index contributed by atoms with van der Waals surface area (Å²) in [7, 11) is -2.80. The van der Waals surface area contributed by atoms with Crippen molar-refractivity contribution in [1.82, 2.24) is 5.32 Å². The fraction of sp³-hybridized carbons (Fsp3) is 1.00. The van der Waals surface area contributed by atoms with Crippen LogP contribution in [0.25, 0.3) is 0 Å². The molecule has 0 fully saturated rings. The van der Waals surface area contributed by atoms with Gasteiger partial charge in [-0.05, 0) is 31.1 Å². The minimum Gasteiger partial charge on any atom is -0.313 e. The summed E-state index contributed by atoms with van der Waals surface area (Å²) in [5.41, 5.74) is 0. The van der Waals surface area contributed by atoms with Crippen molar-refractivity contribution in [2.75, 3.05) is 29.6 Å². The van der Waals surface area contributed by atoms with Gasteiger partial charge in [0.2, 0.25) is 0 Å². The van der Waals surface area contributed by atoms with Crippen LogP contribution in [0, 0.1) is 5.92 Å². The summed E-state index contributed by atoms with van der Waals surface area (Å²) in [4.78, 5) is 0. The van der Waals surface area contributed by atoms with Gasteiger partial charge in [-0.15, -0.1) is 0 Å². The fourth-order valence-corrected chi connectivity index (χ4v) is 3.74. The lowest BCUT2D eigenvalue weighted by atomic mass is 10.2. The Morgan fingerprint density at radius 2 is 1.83 bits per heavy atom. The second-order valence-electron chi connectivity index (χ2n) is 5.06. The van der Waals surface area contributed by atoms with Crippen molar-refractivity contribution in [2.45, 2.75) is 46.6 Å². The highest BCUT2D eigenvalue weighted by Crippen LogP contribution is 2.12. The van der Waals surface area contributed by atoms with Crippen LogP contribution in [0.1, 0.15) is 40.5 Å². The quantitative estimate of drug-likeness (QED) is 0.636. The maximum absolute atomic E-state index is 11.4. The monoisotopic (exact) mass is 295 g/mol. The van der Waals surface area contributed by atoms with Crippen molar-refractivity contribution in [3.8, 4) is 0 Å². The summed E-state index contributed by atoms with van der Waals surface area (Å²) in [6.07, 6.45) is 1.73. The molecule has 0 aromatic heterocycles. The zero-order valence-corrected chi connectivity index (χ0v) is 13.9. The van der Waals surface area contributed by atoms with E-state index in [4.69, 9.17) is 0 Å². The third kappa shape index (κ3) is 10.2. The van der Waals surface area contributed by atoms with Gasteiger partial charge in [0, 0.05) is 17.5 Å². The molecule has 110 valence electrons. The van der Waals surface area contributed by atoms with Crippen LogP contribution in [0.2, 0.25) is 0 Å². The molecule has 18 heavy (non-hydrogen) atoms. The predicted molar refractivity (Wildman–Crippen MR) is 83.2 cm³/mol. The van der Waals surface area contributed by atoms with Crippen molar-refractivity contribution in [1.29, 1.82) is 0 Å². The van der Waals surface area contributed by atoms with Gasteiger partial charge in [-0.25, -0.2) is 8.42 Å². The molecule has 1 atom stereocenters. The summed E-state index contributed by atoms with van der Waals surface area (Å²) in [5.74, 6) is 3.58. The van der Waals surface area contributed by atoms with Crippen LogP contribution in [0.5, 0.6) is 0 Å². The average molecular weight is 296 g/mol. The van der Waals surface area contributed by atoms with Gasteiger partial charge in [-0.3, -0.25) is 0 Å². The molecule has 5 heteroatoms. The average Bonchev–Trinajstić information content (AvgIpc) is 2.28. The highest BCUT2D eigenvalue weighted by Gasteiger charge is 2.11. The third-order valence-electron chi connectivity index (χ3n) is 2.71. The van der Waals surface area contributed by atoms with Gasteiger partial charge in [-0.1, -0.05) is 27.7 Å². The topological polar surface area (TPSA) is 46.2 Å². The zero-order valence-electron chi connectivity index (χ0n) is 12.2. The molecule has 0 bridgehead atoms. The Hall–Kier alpha value is 0.260. The molecule has 3 nitrogen and oxygen atoms in total. The van der Waals surface area contributed by atoms with E-state index in [0.717, 1.165) is 31.1 Å². The molecule has 1 N–H and O–H groups in total. The normalized spacial score (nSPS) is 14.1. The van der Waals surface area contributed by atoms with Crippen molar-refractivity contribution in [3.63, 3.8) is 0 Å². The van der Waals surface area contributed by atoms with E-state index in [2.05, 4.69) is 26.1 Å². The number of hydrogen-bond acceptors (Lipinski definition) is 4. The Morgan fingerprint density at radius 1 is 1.17 bits per heavy atom. The van der Waals surface area contributed by atoms with E-state index in [1.54, 1.807) is 6.92 Å². The first-order valence-electron chi connectivity index (χ1n) is 6.92. The number of hydrogen-bond donors (Lipinski definition) is 1. The largest absolute Gasteiger partial charge is 0.313 e. The molecule has 0 amide bonds. The molecular weight excluding hydrogens is 266 g/mol. The molecule has 0 heterocycles. The van der Waals surface area contributed by atoms with E-state index in [-0.39, 0.29) is 5.75 Å². The summed E-state index contributed by atoms with van der Waals surface area (Å²) in [5, 5.41) is 3.44. The molecule has 0 spiro atoms. The highest BCUT2D eigenvalue weighted by molar-refractivity contribution is 7.99. The molecular formula is C13H29NO2S2. The van der Waals surface area contributed by atoms with Crippen LogP contribution >= 0.6 is 11.8 Å². The standard InChI is InChI=1S/C13H29NO2S2/c1-5-14-13(11-17-10-12(3)4)8-7-9-18(15,16)6-2/h12-14H,5-11H2,1-4H3. The fourth-order valence-electron chi connectivity index (χ4n) is 1.67. The van der Waals surface area contributed by atoms with E-state index in [0.29, 0.717) is 11.8 Å². The molecule has 0 aromatic rings. The third-order valence-corrected chi connectivity index (χ3v) is 6.04. The maximum atomic E-state index is 11.4. The molecule has 0 saturated heterocycles. The van der Waals surface area contributed by atoms with Crippen molar-refractivity contribution >= 4 is 21.6 Å². The SMILES string of the molecule is CCNC(CCCS(=O)(=O)CC)CSCC(C)C. The maximum Gasteiger partial charge on any atom is 0.150 e. The van der Waals surface area contributed by atoms with Gasteiger partial charge in [0.25, 0.3) is 0 Å². The second kappa shape index (κ2) is 10.1. The first-order valence-corrected chi connectivity index (χ1v) is 9.90. The van der Waals surface area contributed by atoms with E-state index >= 15 is 0 Å². The lowest BCUT2D eigenvalue weighted by Gasteiger charge is -2.18. The van der Waals surface area contributed by atoms with Gasteiger partial charge in [0.1, 0.15) is 9.84 Å². The van der Waals surface area contributed by atoms with Crippen molar-refractivity contribution in [2.24, 2.45) is 5.92 Å². The molecule has 0 aliphatic rings. The predicted octanol–water partition coefficient (Wildman–Crippen LogP) is 2.57. The Balaban J connectivity index is 3.89. The van der Waals surface area contributed by atoms with Gasteiger partial charge < -0.3 is 5.32 Å². The smallest absolute Gasteiger partial charge is 0.150 e. The summed E-state index contributed by atoms with van der Waals surface area (Å²) < 4.78 is 22.8. The summed E-state index contributed by atoms with van der Waals surface area (Å²) in [6.45, 7) is 9.22. The molecule has 0 aromatic carbocycles. The van der Waals surface area contributed by atoms with Crippen LogP contribution in [-0.4, -0.2) is 44.0 Å². The Kier molecular flexibility index (Phi) is 10.2. The molecule has 0 aliphatic heterocycles. The van der Waals surface area contributed by atoms with E-state index < -0.39 is 9.84 Å². The van der Waals surface area contributed by atoms with E-state index in [9.17, 15) is 8.42 Å². The van der Waals surface area contributed by atoms with Gasteiger partial charge >= 0.3 is 0 Å². The molecule has 1 unspecified atom stereocenters. The van der Waals surface area contributed by atoms with E-state index in [1.165, 1.54) is 5.75 Å². The van der Waals surface area contributed by atoms with Crippen LogP contribution in [0.4, 0.5) is 0 Å². The van der Waals surface area contributed by atoms with E-state index in [1.807, 2.05) is 11.8 Å². The number of sulfone groups is 1. The summed E-state index contributed by atoms with van der Waals surface area (Å²) >= 11 is 1.96. The molecule has 0 radical (unpaired) electrons. The lowest BCUT2D eigenvalue weighted by molar-refractivity contribution is 0.526. The van der Waals surface area contributed by atoms with Crippen molar-refractivity contribution in [3.05, 3.63) is 0 Å². The Labute approximate surface area is 117 Å². The van der Waals surface area contributed by atoms with Crippen LogP contribution in [0.15, 0.2) is 0 Å². The van der Waals surface area contributed by atoms with Crippen LogP contribution in [0.3, 0.4) is 0 Å². The van der Waals surface area contributed by atoms with Crippen LogP contribution in [-0.2, 0) is 9.84 Å². The zero-order chi connectivity index (χ0) is 14.0. The van der Waals surface area contributed by atoms with Gasteiger partial charge in [0.05, 0.1) is 5.75 Å². The summed E-state index contributed by atoms with van der Waals surface area (Å²) in [6, 6.07) is 0.450. The van der Waals surface area contributed by atoms with Crippen molar-refractivity contribution < 1.29 is 8.42 Å². The molecule has 0 saturated carbocycles. The second-order valence-corrected chi connectivity index (χ2v) is 8.61. The minimum atomic E-state index is -2.80. The Morgan fingerprint density at radius 3 is 2.33 bits per heavy atom. The number of thioether (sulfide) groups is 1. The Bertz CT molecular complexity index is 289. The highest BCUT2D eigenvalue weighted by atomic mass is 32.2.